The number of carbonyl (C=O) groups is 1. The molecule has 1 N–H and O–H groups in total. The van der Waals surface area contributed by atoms with E-state index < -0.39 is 11.7 Å². The minimum Gasteiger partial charge on any atom is -0.336 e. The quantitative estimate of drug-likeness (QED) is 0.925. The summed E-state index contributed by atoms with van der Waals surface area (Å²) in [4.78, 5) is 14.4. The third-order valence-electron chi connectivity index (χ3n) is 3.93. The topological polar surface area (TPSA) is 32.3 Å². The van der Waals surface area contributed by atoms with Crippen LogP contribution in [0.1, 0.15) is 42.1 Å². The minimum absolute atomic E-state index is 0.163. The number of carbonyl (C=O) groups excluding carboxylic acids is 1. The molecule has 22 heavy (non-hydrogen) atoms. The number of amides is 1. The summed E-state index contributed by atoms with van der Waals surface area (Å²) in [6.45, 7) is 4.36. The molecule has 1 aromatic carbocycles. The van der Waals surface area contributed by atoms with Gasteiger partial charge in [-0.25, -0.2) is 0 Å². The number of rotatable bonds is 4. The fourth-order valence-corrected chi connectivity index (χ4v) is 2.78. The Morgan fingerprint density at radius 1 is 1.23 bits per heavy atom. The van der Waals surface area contributed by atoms with E-state index >= 15 is 0 Å². The number of hydrogen-bond donors (Lipinski definition) is 1. The Hall–Kier alpha value is -1.56. The predicted octanol–water partition coefficient (Wildman–Crippen LogP) is 3.31. The van der Waals surface area contributed by atoms with Crippen molar-refractivity contribution in [1.82, 2.24) is 10.2 Å². The van der Waals surface area contributed by atoms with Crippen molar-refractivity contribution in [2.24, 2.45) is 0 Å². The summed E-state index contributed by atoms with van der Waals surface area (Å²) >= 11 is 0. The fraction of sp³-hybridized carbons (Fsp3) is 0.562. The van der Waals surface area contributed by atoms with Crippen molar-refractivity contribution in [2.45, 2.75) is 38.4 Å². The van der Waals surface area contributed by atoms with Crippen molar-refractivity contribution in [3.05, 3.63) is 35.4 Å². The molecule has 2 rings (SSSR count). The Bertz CT molecular complexity index is 493. The van der Waals surface area contributed by atoms with E-state index in [2.05, 4.69) is 5.32 Å². The van der Waals surface area contributed by atoms with E-state index in [9.17, 15) is 18.0 Å². The van der Waals surface area contributed by atoms with Gasteiger partial charge in [-0.3, -0.25) is 4.79 Å². The van der Waals surface area contributed by atoms with Gasteiger partial charge in [0.2, 0.25) is 0 Å². The highest BCUT2D eigenvalue weighted by molar-refractivity contribution is 5.94. The lowest BCUT2D eigenvalue weighted by atomic mass is 10.0. The van der Waals surface area contributed by atoms with Gasteiger partial charge in [0, 0.05) is 18.2 Å². The van der Waals surface area contributed by atoms with E-state index in [1.807, 2.05) is 11.8 Å². The highest BCUT2D eigenvalue weighted by atomic mass is 19.4. The molecule has 1 saturated heterocycles. The van der Waals surface area contributed by atoms with E-state index in [0.29, 0.717) is 12.1 Å². The molecule has 1 aliphatic rings. The molecule has 1 aliphatic heterocycles. The molecule has 0 spiro atoms. The van der Waals surface area contributed by atoms with Gasteiger partial charge >= 0.3 is 6.18 Å². The Morgan fingerprint density at radius 2 is 1.82 bits per heavy atom. The number of benzene rings is 1. The van der Waals surface area contributed by atoms with E-state index in [0.717, 1.165) is 44.5 Å². The highest BCUT2D eigenvalue weighted by Gasteiger charge is 2.31. The van der Waals surface area contributed by atoms with Crippen LogP contribution in [0.5, 0.6) is 0 Å². The SMILES string of the molecule is CCCN(C(=O)c1ccc(C(F)(F)F)cc1)C1CCNCC1. The van der Waals surface area contributed by atoms with Gasteiger partial charge in [-0.2, -0.15) is 13.2 Å². The average Bonchev–Trinajstić information content (AvgIpc) is 2.52. The van der Waals surface area contributed by atoms with E-state index in [4.69, 9.17) is 0 Å². The smallest absolute Gasteiger partial charge is 0.336 e. The van der Waals surface area contributed by atoms with Gasteiger partial charge in [-0.05, 0) is 56.6 Å². The first-order chi connectivity index (χ1) is 10.4. The minimum atomic E-state index is -4.38. The maximum atomic E-state index is 12.6. The van der Waals surface area contributed by atoms with Crippen molar-refractivity contribution >= 4 is 5.91 Å². The van der Waals surface area contributed by atoms with Crippen LogP contribution < -0.4 is 5.32 Å². The van der Waals surface area contributed by atoms with Crippen molar-refractivity contribution in [3.63, 3.8) is 0 Å². The maximum absolute atomic E-state index is 12.6. The molecule has 0 aromatic heterocycles. The van der Waals surface area contributed by atoms with Gasteiger partial charge < -0.3 is 10.2 Å². The van der Waals surface area contributed by atoms with E-state index in [-0.39, 0.29) is 11.9 Å². The third-order valence-corrected chi connectivity index (χ3v) is 3.93. The summed E-state index contributed by atoms with van der Waals surface area (Å²) in [5, 5.41) is 3.25. The monoisotopic (exact) mass is 314 g/mol. The molecule has 1 aromatic rings. The molecule has 0 radical (unpaired) electrons. The zero-order valence-corrected chi connectivity index (χ0v) is 12.6. The second kappa shape index (κ2) is 7.13. The molecule has 3 nitrogen and oxygen atoms in total. The second-order valence-corrected chi connectivity index (χ2v) is 5.55. The maximum Gasteiger partial charge on any atom is 0.416 e. The van der Waals surface area contributed by atoms with Crippen molar-refractivity contribution < 1.29 is 18.0 Å². The lowest BCUT2D eigenvalue weighted by Gasteiger charge is -2.34. The summed E-state index contributed by atoms with van der Waals surface area (Å²) in [6.07, 6.45) is -1.78. The molecule has 6 heteroatoms. The second-order valence-electron chi connectivity index (χ2n) is 5.55. The van der Waals surface area contributed by atoms with Crippen molar-refractivity contribution in [3.8, 4) is 0 Å². The molecule has 0 saturated carbocycles. The van der Waals surface area contributed by atoms with Crippen LogP contribution in [0.15, 0.2) is 24.3 Å². The van der Waals surface area contributed by atoms with Gasteiger partial charge in [0.05, 0.1) is 5.56 Å². The third kappa shape index (κ3) is 4.00. The average molecular weight is 314 g/mol. The molecular weight excluding hydrogens is 293 g/mol. The van der Waals surface area contributed by atoms with Crippen LogP contribution in [0, 0.1) is 0 Å². The number of hydrogen-bond acceptors (Lipinski definition) is 2. The van der Waals surface area contributed by atoms with Crippen LogP contribution in [0.2, 0.25) is 0 Å². The first-order valence-electron chi connectivity index (χ1n) is 7.62. The van der Waals surface area contributed by atoms with Gasteiger partial charge in [0.15, 0.2) is 0 Å². The fourth-order valence-electron chi connectivity index (χ4n) is 2.78. The van der Waals surface area contributed by atoms with Crippen molar-refractivity contribution in [2.75, 3.05) is 19.6 Å². The molecule has 1 heterocycles. The van der Waals surface area contributed by atoms with E-state index in [1.54, 1.807) is 0 Å². The Kier molecular flexibility index (Phi) is 5.45. The predicted molar refractivity (Wildman–Crippen MR) is 78.7 cm³/mol. The summed E-state index contributed by atoms with van der Waals surface area (Å²) < 4.78 is 37.8. The van der Waals surface area contributed by atoms with Crippen LogP contribution in [0.4, 0.5) is 13.2 Å². The number of piperidine rings is 1. The first kappa shape index (κ1) is 16.8. The molecule has 0 unspecified atom stereocenters. The zero-order valence-electron chi connectivity index (χ0n) is 12.6. The molecule has 0 bridgehead atoms. The molecule has 122 valence electrons. The molecule has 1 fully saturated rings. The lowest BCUT2D eigenvalue weighted by Crippen LogP contribution is -2.46. The first-order valence-corrected chi connectivity index (χ1v) is 7.62. The Morgan fingerprint density at radius 3 is 2.32 bits per heavy atom. The van der Waals surface area contributed by atoms with Crippen LogP contribution in [-0.2, 0) is 6.18 Å². The van der Waals surface area contributed by atoms with E-state index in [1.165, 1.54) is 12.1 Å². The largest absolute Gasteiger partial charge is 0.416 e. The number of halogens is 3. The molecule has 1 amide bonds. The number of nitrogens with zero attached hydrogens (tertiary/aromatic N) is 1. The molecule has 0 aliphatic carbocycles. The van der Waals surface area contributed by atoms with Crippen LogP contribution in [-0.4, -0.2) is 36.5 Å². The lowest BCUT2D eigenvalue weighted by molar-refractivity contribution is -0.137. The summed E-state index contributed by atoms with van der Waals surface area (Å²) in [5.41, 5.74) is -0.409. The molecule has 0 atom stereocenters. The van der Waals surface area contributed by atoms with Gasteiger partial charge in [0.25, 0.3) is 5.91 Å². The van der Waals surface area contributed by atoms with Crippen LogP contribution >= 0.6 is 0 Å². The van der Waals surface area contributed by atoms with Gasteiger partial charge in [-0.1, -0.05) is 6.92 Å². The number of nitrogens with one attached hydrogen (secondary N) is 1. The van der Waals surface area contributed by atoms with Crippen molar-refractivity contribution in [1.29, 1.82) is 0 Å². The number of alkyl halides is 3. The Balaban J connectivity index is 2.15. The standard InChI is InChI=1S/C16H21F3N2O/c1-2-11-21(14-7-9-20-10-8-14)15(22)12-3-5-13(6-4-12)16(17,18)19/h3-6,14,20H,2,7-11H2,1H3. The highest BCUT2D eigenvalue weighted by Crippen LogP contribution is 2.29. The Labute approximate surface area is 128 Å². The molecular formula is C16H21F3N2O. The van der Waals surface area contributed by atoms with Crippen LogP contribution in [0.3, 0.4) is 0 Å². The van der Waals surface area contributed by atoms with Gasteiger partial charge in [0.1, 0.15) is 0 Å². The van der Waals surface area contributed by atoms with Crippen LogP contribution in [0.25, 0.3) is 0 Å². The summed E-state index contributed by atoms with van der Waals surface area (Å²) in [5.74, 6) is -0.178. The summed E-state index contributed by atoms with van der Waals surface area (Å²) in [7, 11) is 0. The normalized spacial score (nSPS) is 16.5. The summed E-state index contributed by atoms with van der Waals surface area (Å²) in [6, 6.07) is 4.65. The van der Waals surface area contributed by atoms with Gasteiger partial charge in [-0.15, -0.1) is 0 Å². The zero-order chi connectivity index (χ0) is 16.2.